The van der Waals surface area contributed by atoms with Crippen LogP contribution in [0.25, 0.3) is 11.1 Å². The smallest absolute Gasteiger partial charge is 0.243 e. The van der Waals surface area contributed by atoms with E-state index in [1.54, 1.807) is 16.4 Å². The van der Waals surface area contributed by atoms with Crippen LogP contribution in [0, 0.1) is 6.92 Å². The summed E-state index contributed by atoms with van der Waals surface area (Å²) in [6, 6.07) is 18.3. The Kier molecular flexibility index (Phi) is 5.73. The van der Waals surface area contributed by atoms with Crippen LogP contribution in [-0.4, -0.2) is 43.3 Å². The third-order valence-electron chi connectivity index (χ3n) is 6.62. The highest BCUT2D eigenvalue weighted by Crippen LogP contribution is 2.30. The molecule has 162 valence electrons. The molecule has 3 aromatic rings. The second-order valence-electron chi connectivity index (χ2n) is 8.62. The van der Waals surface area contributed by atoms with Crippen molar-refractivity contribution >= 4 is 21.4 Å². The van der Waals surface area contributed by atoms with Crippen LogP contribution in [0.5, 0.6) is 0 Å². The number of sulfonamides is 1. The van der Waals surface area contributed by atoms with Gasteiger partial charge in [0.2, 0.25) is 10.0 Å². The van der Waals surface area contributed by atoms with Gasteiger partial charge in [-0.15, -0.1) is 11.3 Å². The van der Waals surface area contributed by atoms with Gasteiger partial charge in [-0.2, -0.15) is 4.31 Å². The lowest BCUT2D eigenvalue weighted by atomic mass is 10.0. The Hall–Kier alpha value is -1.99. The Morgan fingerprint density at radius 1 is 0.935 bits per heavy atom. The quantitative estimate of drug-likeness (QED) is 0.563. The maximum atomic E-state index is 13.2. The molecule has 0 amide bonds. The third kappa shape index (κ3) is 4.22. The van der Waals surface area contributed by atoms with Crippen molar-refractivity contribution in [1.82, 2.24) is 9.21 Å². The average molecular weight is 453 g/mol. The van der Waals surface area contributed by atoms with E-state index in [0.717, 1.165) is 43.5 Å². The Bertz CT molecular complexity index is 1160. The molecule has 5 rings (SSSR count). The molecule has 3 heterocycles. The number of nitrogens with zero attached hydrogens (tertiary/aromatic N) is 2. The van der Waals surface area contributed by atoms with Gasteiger partial charge in [0.05, 0.1) is 4.90 Å². The average Bonchev–Trinajstić information content (AvgIpc) is 3.27. The van der Waals surface area contributed by atoms with Crippen LogP contribution in [0.3, 0.4) is 0 Å². The van der Waals surface area contributed by atoms with E-state index >= 15 is 0 Å². The summed E-state index contributed by atoms with van der Waals surface area (Å²) in [5, 5.41) is 2.19. The molecule has 4 nitrogen and oxygen atoms in total. The number of aryl methyl sites for hydroxylation is 1. The molecule has 1 aromatic heterocycles. The van der Waals surface area contributed by atoms with Crippen LogP contribution >= 0.6 is 11.3 Å². The number of hydrogen-bond donors (Lipinski definition) is 0. The van der Waals surface area contributed by atoms with E-state index in [-0.39, 0.29) is 0 Å². The normalized spacial score (nSPS) is 18.7. The predicted molar refractivity (Wildman–Crippen MR) is 127 cm³/mol. The van der Waals surface area contributed by atoms with Gasteiger partial charge in [0, 0.05) is 37.1 Å². The summed E-state index contributed by atoms with van der Waals surface area (Å²) in [5.41, 5.74) is 4.81. The second-order valence-corrected chi connectivity index (χ2v) is 11.6. The van der Waals surface area contributed by atoms with Crippen molar-refractivity contribution in [1.29, 1.82) is 0 Å². The molecule has 0 saturated carbocycles. The first-order valence-corrected chi connectivity index (χ1v) is 13.3. The van der Waals surface area contributed by atoms with Crippen molar-refractivity contribution in [3.63, 3.8) is 0 Å². The first kappa shape index (κ1) is 20.9. The number of hydrogen-bond acceptors (Lipinski definition) is 4. The van der Waals surface area contributed by atoms with Crippen LogP contribution in [0.15, 0.2) is 64.9 Å². The molecule has 0 aliphatic carbocycles. The summed E-state index contributed by atoms with van der Waals surface area (Å²) in [5.74, 6) is 0. The molecular formula is C25H28N2O2S2. The van der Waals surface area contributed by atoms with Crippen LogP contribution in [0.2, 0.25) is 0 Å². The summed E-state index contributed by atoms with van der Waals surface area (Å²) in [4.78, 5) is 4.46. The Morgan fingerprint density at radius 2 is 1.71 bits per heavy atom. The van der Waals surface area contributed by atoms with Crippen LogP contribution in [0.4, 0.5) is 0 Å². The van der Waals surface area contributed by atoms with Gasteiger partial charge in [-0.25, -0.2) is 8.42 Å². The highest BCUT2D eigenvalue weighted by molar-refractivity contribution is 7.89. The molecule has 31 heavy (non-hydrogen) atoms. The van der Waals surface area contributed by atoms with Crippen molar-refractivity contribution in [2.75, 3.05) is 19.6 Å². The molecular weight excluding hydrogens is 424 g/mol. The van der Waals surface area contributed by atoms with Gasteiger partial charge in [0.25, 0.3) is 0 Å². The maximum Gasteiger partial charge on any atom is 0.243 e. The second kappa shape index (κ2) is 8.51. The number of thiophene rings is 1. The minimum atomic E-state index is -3.45. The highest BCUT2D eigenvalue weighted by Gasteiger charge is 2.32. The van der Waals surface area contributed by atoms with Gasteiger partial charge < -0.3 is 0 Å². The summed E-state index contributed by atoms with van der Waals surface area (Å²) in [6.45, 7) is 5.36. The minimum absolute atomic E-state index is 0.392. The topological polar surface area (TPSA) is 40.6 Å². The summed E-state index contributed by atoms with van der Waals surface area (Å²) < 4.78 is 28.1. The lowest BCUT2D eigenvalue weighted by molar-refractivity contribution is 0.127. The fraction of sp³-hybridized carbons (Fsp3) is 0.360. The first-order valence-electron chi connectivity index (χ1n) is 11.0. The third-order valence-corrected chi connectivity index (χ3v) is 9.56. The molecule has 0 unspecified atom stereocenters. The van der Waals surface area contributed by atoms with Crippen molar-refractivity contribution in [3.8, 4) is 11.1 Å². The van der Waals surface area contributed by atoms with Gasteiger partial charge in [0.15, 0.2) is 0 Å². The molecule has 6 heteroatoms. The monoisotopic (exact) mass is 452 g/mol. The van der Waals surface area contributed by atoms with Crippen molar-refractivity contribution in [2.45, 2.75) is 43.7 Å². The Morgan fingerprint density at radius 3 is 2.45 bits per heavy atom. The number of fused-ring (bicyclic) bond motifs is 1. The molecule has 2 aromatic carbocycles. The fourth-order valence-electron chi connectivity index (χ4n) is 4.82. The van der Waals surface area contributed by atoms with Crippen LogP contribution < -0.4 is 0 Å². The Labute approximate surface area is 189 Å². The predicted octanol–water partition coefficient (Wildman–Crippen LogP) is 4.93. The van der Waals surface area contributed by atoms with Gasteiger partial charge in [-0.3, -0.25) is 4.90 Å². The number of rotatable bonds is 4. The standard InChI is InChI=1S/C25H28N2O2S2/c1-19-3-2-4-21(17-19)20-5-7-24(8-6-20)31(28,29)27-14-9-23(10-15-27)26-13-11-25-22(18-26)12-16-30-25/h2-8,12,16-17,23H,9-11,13-15,18H2,1H3. The Balaban J connectivity index is 1.25. The summed E-state index contributed by atoms with van der Waals surface area (Å²) >= 11 is 1.86. The van der Waals surface area contributed by atoms with Gasteiger partial charge in [0.1, 0.15) is 0 Å². The lowest BCUT2D eigenvalue weighted by Gasteiger charge is -2.39. The zero-order chi connectivity index (χ0) is 21.4. The van der Waals surface area contributed by atoms with E-state index in [4.69, 9.17) is 0 Å². The zero-order valence-electron chi connectivity index (χ0n) is 17.8. The van der Waals surface area contributed by atoms with Gasteiger partial charge >= 0.3 is 0 Å². The lowest BCUT2D eigenvalue weighted by Crippen LogP contribution is -2.47. The van der Waals surface area contributed by atoms with Crippen LogP contribution in [-0.2, 0) is 23.0 Å². The molecule has 0 atom stereocenters. The van der Waals surface area contributed by atoms with Crippen molar-refractivity contribution in [3.05, 3.63) is 76.0 Å². The minimum Gasteiger partial charge on any atom is -0.296 e. The number of benzene rings is 2. The first-order chi connectivity index (χ1) is 15.0. The molecule has 0 bridgehead atoms. The van der Waals surface area contributed by atoms with Crippen molar-refractivity contribution in [2.24, 2.45) is 0 Å². The van der Waals surface area contributed by atoms with E-state index in [2.05, 4.69) is 41.5 Å². The molecule has 0 spiro atoms. The summed E-state index contributed by atoms with van der Waals surface area (Å²) in [6.07, 6.45) is 2.93. The number of piperidine rings is 1. The molecule has 2 aliphatic rings. The highest BCUT2D eigenvalue weighted by atomic mass is 32.2. The fourth-order valence-corrected chi connectivity index (χ4v) is 7.18. The SMILES string of the molecule is Cc1cccc(-c2ccc(S(=O)(=O)N3CCC(N4CCc5sccc5C4)CC3)cc2)c1. The van der Waals surface area contributed by atoms with Crippen LogP contribution in [0.1, 0.15) is 28.8 Å². The molecule has 1 fully saturated rings. The zero-order valence-corrected chi connectivity index (χ0v) is 19.5. The van der Waals surface area contributed by atoms with Gasteiger partial charge in [-0.1, -0.05) is 42.0 Å². The molecule has 0 N–H and O–H groups in total. The van der Waals surface area contributed by atoms with E-state index in [0.29, 0.717) is 24.0 Å². The maximum absolute atomic E-state index is 13.2. The van der Waals surface area contributed by atoms with E-state index in [1.165, 1.54) is 16.0 Å². The largest absolute Gasteiger partial charge is 0.296 e. The molecule has 0 radical (unpaired) electrons. The molecule has 2 aliphatic heterocycles. The van der Waals surface area contributed by atoms with Crippen molar-refractivity contribution < 1.29 is 8.42 Å². The van der Waals surface area contributed by atoms with E-state index in [1.807, 2.05) is 29.5 Å². The molecule has 1 saturated heterocycles. The van der Waals surface area contributed by atoms with E-state index in [9.17, 15) is 8.42 Å². The van der Waals surface area contributed by atoms with E-state index < -0.39 is 10.0 Å². The summed E-state index contributed by atoms with van der Waals surface area (Å²) in [7, 11) is -3.45. The van der Waals surface area contributed by atoms with Gasteiger partial charge in [-0.05, 0) is 66.5 Å².